The van der Waals surface area contributed by atoms with E-state index in [1.54, 1.807) is 7.11 Å². The Balaban J connectivity index is 3.05. The first kappa shape index (κ1) is 12.8. The van der Waals surface area contributed by atoms with Gasteiger partial charge in [-0.3, -0.25) is 4.79 Å². The van der Waals surface area contributed by atoms with Crippen LogP contribution in [0, 0.1) is 13.8 Å². The Kier molecular flexibility index (Phi) is 4.19. The van der Waals surface area contributed by atoms with Crippen LogP contribution in [-0.2, 0) is 4.79 Å². The topological polar surface area (TPSA) is 46.5 Å². The first-order valence-corrected chi connectivity index (χ1v) is 5.40. The Hall–Kier alpha value is -1.22. The molecule has 1 rings (SSSR count). The lowest BCUT2D eigenvalue weighted by molar-refractivity contribution is -0.137. The Bertz CT molecular complexity index is 401. The van der Waals surface area contributed by atoms with Gasteiger partial charge in [-0.2, -0.15) is 0 Å². The number of alkyl halides is 1. The second kappa shape index (κ2) is 5.21. The average molecular weight is 243 g/mol. The summed E-state index contributed by atoms with van der Waals surface area (Å²) in [5.41, 5.74) is 2.75. The highest BCUT2D eigenvalue weighted by Crippen LogP contribution is 2.31. The highest BCUT2D eigenvalue weighted by molar-refractivity contribution is 6.21. The normalized spacial score (nSPS) is 12.2. The molecule has 0 aromatic heterocycles. The highest BCUT2D eigenvalue weighted by Gasteiger charge is 2.16. The van der Waals surface area contributed by atoms with E-state index in [9.17, 15) is 4.79 Å². The fraction of sp³-hybridized carbons (Fsp3) is 0.417. The van der Waals surface area contributed by atoms with Crippen LogP contribution in [0.1, 0.15) is 28.5 Å². The van der Waals surface area contributed by atoms with Crippen LogP contribution in [0.15, 0.2) is 12.1 Å². The molecule has 1 aromatic rings. The van der Waals surface area contributed by atoms with Crippen molar-refractivity contribution in [3.8, 4) is 5.75 Å². The minimum atomic E-state index is -0.895. The lowest BCUT2D eigenvalue weighted by Gasteiger charge is -2.14. The molecule has 1 aromatic carbocycles. The van der Waals surface area contributed by atoms with Gasteiger partial charge in [0.05, 0.1) is 18.9 Å². The van der Waals surface area contributed by atoms with E-state index >= 15 is 0 Å². The maximum absolute atomic E-state index is 10.6. The number of ether oxygens (including phenoxy) is 1. The second-order valence-corrected chi connectivity index (χ2v) is 4.27. The summed E-state index contributed by atoms with van der Waals surface area (Å²) in [6.45, 7) is 3.81. The van der Waals surface area contributed by atoms with Crippen molar-refractivity contribution in [2.75, 3.05) is 7.11 Å². The number of methoxy groups -OCH3 is 1. The monoisotopic (exact) mass is 242 g/mol. The van der Waals surface area contributed by atoms with Crippen LogP contribution in [0.4, 0.5) is 0 Å². The maximum Gasteiger partial charge on any atom is 0.305 e. The zero-order valence-electron chi connectivity index (χ0n) is 9.58. The van der Waals surface area contributed by atoms with Crippen LogP contribution < -0.4 is 4.74 Å². The number of hydrogen-bond acceptors (Lipinski definition) is 2. The fourth-order valence-electron chi connectivity index (χ4n) is 1.63. The number of carboxylic acid groups (broad SMARTS) is 1. The van der Waals surface area contributed by atoms with Crippen LogP contribution in [-0.4, -0.2) is 18.2 Å². The Morgan fingerprint density at radius 3 is 2.56 bits per heavy atom. The summed E-state index contributed by atoms with van der Waals surface area (Å²) in [7, 11) is 1.61. The summed E-state index contributed by atoms with van der Waals surface area (Å²) in [5.74, 6) is -0.103. The quantitative estimate of drug-likeness (QED) is 0.826. The molecule has 0 radical (unpaired) electrons. The molecule has 0 spiro atoms. The highest BCUT2D eigenvalue weighted by atomic mass is 35.5. The third-order valence-corrected chi connectivity index (χ3v) is 2.86. The maximum atomic E-state index is 10.6. The van der Waals surface area contributed by atoms with Crippen molar-refractivity contribution in [3.63, 3.8) is 0 Å². The van der Waals surface area contributed by atoms with Gasteiger partial charge in [-0.1, -0.05) is 6.07 Å². The number of hydrogen-bond donors (Lipinski definition) is 1. The summed E-state index contributed by atoms with van der Waals surface area (Å²) in [4.78, 5) is 10.6. The van der Waals surface area contributed by atoms with Crippen LogP contribution in [0.5, 0.6) is 5.75 Å². The molecule has 0 saturated carbocycles. The van der Waals surface area contributed by atoms with Gasteiger partial charge in [-0.25, -0.2) is 0 Å². The van der Waals surface area contributed by atoms with Gasteiger partial charge in [0.1, 0.15) is 5.75 Å². The van der Waals surface area contributed by atoms with Crippen LogP contribution in [0.3, 0.4) is 0 Å². The average Bonchev–Trinajstić information content (AvgIpc) is 2.19. The minimum absolute atomic E-state index is 0.0752. The van der Waals surface area contributed by atoms with E-state index in [1.165, 1.54) is 0 Å². The van der Waals surface area contributed by atoms with Gasteiger partial charge < -0.3 is 9.84 Å². The first-order valence-electron chi connectivity index (χ1n) is 4.96. The Morgan fingerprint density at radius 2 is 2.06 bits per heavy atom. The van der Waals surface area contributed by atoms with Crippen molar-refractivity contribution < 1.29 is 14.6 Å². The lowest BCUT2D eigenvalue weighted by Crippen LogP contribution is -2.03. The molecule has 1 atom stereocenters. The molecule has 0 heterocycles. The zero-order valence-corrected chi connectivity index (χ0v) is 10.3. The molecule has 0 amide bonds. The molecule has 0 aliphatic carbocycles. The van der Waals surface area contributed by atoms with Crippen molar-refractivity contribution in [3.05, 3.63) is 28.8 Å². The minimum Gasteiger partial charge on any atom is -0.496 e. The molecule has 3 nitrogen and oxygen atoms in total. The standard InChI is InChI=1S/C12H15ClO3/c1-7-5-11(16-3)8(2)4-9(7)10(13)6-12(14)15/h4-5,10H,6H2,1-3H3,(H,14,15). The number of aliphatic carboxylic acids is 1. The van der Waals surface area contributed by atoms with E-state index in [4.69, 9.17) is 21.4 Å². The van der Waals surface area contributed by atoms with E-state index in [-0.39, 0.29) is 6.42 Å². The molecular weight excluding hydrogens is 228 g/mol. The number of carbonyl (C=O) groups is 1. The Labute approximate surface area is 100.0 Å². The SMILES string of the molecule is COc1cc(C)c(C(Cl)CC(=O)O)cc1C. The van der Waals surface area contributed by atoms with Crippen molar-refractivity contribution in [2.24, 2.45) is 0 Å². The molecular formula is C12H15ClO3. The lowest BCUT2D eigenvalue weighted by atomic mass is 10.00. The summed E-state index contributed by atoms with van der Waals surface area (Å²) in [5, 5.41) is 8.20. The number of aryl methyl sites for hydroxylation is 2. The van der Waals surface area contributed by atoms with E-state index in [0.29, 0.717) is 0 Å². The molecule has 0 aliphatic heterocycles. The van der Waals surface area contributed by atoms with E-state index < -0.39 is 11.3 Å². The van der Waals surface area contributed by atoms with Gasteiger partial charge >= 0.3 is 5.97 Å². The third-order valence-electron chi connectivity index (χ3n) is 2.47. The van der Waals surface area contributed by atoms with Crippen molar-refractivity contribution >= 4 is 17.6 Å². The van der Waals surface area contributed by atoms with Gasteiger partial charge in [0.2, 0.25) is 0 Å². The zero-order chi connectivity index (χ0) is 12.3. The third kappa shape index (κ3) is 2.89. The predicted octanol–water partition coefficient (Wildman–Crippen LogP) is 3.07. The fourth-order valence-corrected chi connectivity index (χ4v) is 2.00. The van der Waals surface area contributed by atoms with Crippen molar-refractivity contribution in [1.82, 2.24) is 0 Å². The number of halogens is 1. The second-order valence-electron chi connectivity index (χ2n) is 3.74. The largest absolute Gasteiger partial charge is 0.496 e. The molecule has 1 N–H and O–H groups in total. The number of carboxylic acids is 1. The molecule has 88 valence electrons. The van der Waals surface area contributed by atoms with Gasteiger partial charge in [0, 0.05) is 0 Å². The van der Waals surface area contributed by atoms with E-state index in [0.717, 1.165) is 22.4 Å². The molecule has 0 fully saturated rings. The van der Waals surface area contributed by atoms with Crippen molar-refractivity contribution in [2.45, 2.75) is 25.6 Å². The van der Waals surface area contributed by atoms with Crippen LogP contribution in [0.2, 0.25) is 0 Å². The van der Waals surface area contributed by atoms with Gasteiger partial charge in [0.25, 0.3) is 0 Å². The summed E-state index contributed by atoms with van der Waals surface area (Å²) in [6.07, 6.45) is -0.0752. The number of rotatable bonds is 4. The summed E-state index contributed by atoms with van der Waals surface area (Å²) >= 11 is 6.05. The van der Waals surface area contributed by atoms with Crippen molar-refractivity contribution in [1.29, 1.82) is 0 Å². The molecule has 16 heavy (non-hydrogen) atoms. The smallest absolute Gasteiger partial charge is 0.305 e. The molecule has 1 unspecified atom stereocenters. The van der Waals surface area contributed by atoms with Gasteiger partial charge in [0.15, 0.2) is 0 Å². The van der Waals surface area contributed by atoms with Crippen LogP contribution >= 0.6 is 11.6 Å². The molecule has 0 saturated heterocycles. The van der Waals surface area contributed by atoms with Gasteiger partial charge in [-0.15, -0.1) is 11.6 Å². The summed E-state index contributed by atoms with van der Waals surface area (Å²) < 4.78 is 5.18. The summed E-state index contributed by atoms with van der Waals surface area (Å²) in [6, 6.07) is 3.76. The Morgan fingerprint density at radius 1 is 1.44 bits per heavy atom. The van der Waals surface area contributed by atoms with E-state index in [1.807, 2.05) is 26.0 Å². The van der Waals surface area contributed by atoms with Crippen LogP contribution in [0.25, 0.3) is 0 Å². The molecule has 0 aliphatic rings. The molecule has 4 heteroatoms. The predicted molar refractivity (Wildman–Crippen MR) is 63.3 cm³/mol. The molecule has 0 bridgehead atoms. The first-order chi connectivity index (χ1) is 7.45. The van der Waals surface area contributed by atoms with Gasteiger partial charge in [-0.05, 0) is 36.6 Å². The van der Waals surface area contributed by atoms with E-state index in [2.05, 4.69) is 0 Å². The number of benzene rings is 1.